The monoisotopic (exact) mass is 412 g/mol. The van der Waals surface area contributed by atoms with Crippen LogP contribution in [0.1, 0.15) is 21.0 Å². The van der Waals surface area contributed by atoms with Crippen molar-refractivity contribution in [1.29, 1.82) is 0 Å². The molecule has 29 heavy (non-hydrogen) atoms. The molecule has 1 aromatic carbocycles. The van der Waals surface area contributed by atoms with E-state index in [-0.39, 0.29) is 12.2 Å². The molecule has 7 nitrogen and oxygen atoms in total. The van der Waals surface area contributed by atoms with Crippen molar-refractivity contribution in [3.8, 4) is 11.5 Å². The van der Waals surface area contributed by atoms with Gasteiger partial charge in [0.15, 0.2) is 11.5 Å². The maximum atomic E-state index is 12.7. The van der Waals surface area contributed by atoms with E-state index in [1.165, 1.54) is 31.8 Å². The molecule has 2 N–H and O–H groups in total. The molecular formula is C21H20N2O5S. The van der Waals surface area contributed by atoms with Gasteiger partial charge >= 0.3 is 0 Å². The number of benzene rings is 1. The van der Waals surface area contributed by atoms with Gasteiger partial charge in [0.2, 0.25) is 0 Å². The first kappa shape index (κ1) is 20.2. The topological polar surface area (TPSA) is 89.8 Å². The minimum atomic E-state index is -0.443. The van der Waals surface area contributed by atoms with E-state index in [9.17, 15) is 9.59 Å². The molecule has 150 valence electrons. The quantitative estimate of drug-likeness (QED) is 0.553. The molecule has 3 aromatic rings. The molecule has 2 aromatic heterocycles. The van der Waals surface area contributed by atoms with Gasteiger partial charge < -0.3 is 24.5 Å². The Hall–Kier alpha value is -3.52. The van der Waals surface area contributed by atoms with Crippen molar-refractivity contribution >= 4 is 29.2 Å². The largest absolute Gasteiger partial charge is 0.493 e. The first-order valence-corrected chi connectivity index (χ1v) is 9.58. The van der Waals surface area contributed by atoms with Crippen molar-refractivity contribution in [3.63, 3.8) is 0 Å². The molecule has 2 heterocycles. The number of ether oxygens (including phenoxy) is 2. The summed E-state index contributed by atoms with van der Waals surface area (Å²) in [5, 5.41) is 7.31. The molecule has 3 rings (SSSR count). The van der Waals surface area contributed by atoms with E-state index in [2.05, 4.69) is 10.6 Å². The predicted molar refractivity (Wildman–Crippen MR) is 110 cm³/mol. The highest BCUT2D eigenvalue weighted by Crippen LogP contribution is 2.27. The number of hydrogen-bond acceptors (Lipinski definition) is 6. The van der Waals surface area contributed by atoms with Crippen LogP contribution >= 0.6 is 11.3 Å². The van der Waals surface area contributed by atoms with Crippen LogP contribution < -0.4 is 20.1 Å². The van der Waals surface area contributed by atoms with Crippen LogP contribution in [0.5, 0.6) is 11.5 Å². The molecule has 0 spiro atoms. The second-order valence-corrected chi connectivity index (χ2v) is 6.84. The molecule has 0 fully saturated rings. The zero-order valence-corrected chi connectivity index (χ0v) is 16.7. The van der Waals surface area contributed by atoms with E-state index >= 15 is 0 Å². The Morgan fingerprint density at radius 2 is 1.93 bits per heavy atom. The van der Waals surface area contributed by atoms with Gasteiger partial charge in [0.1, 0.15) is 11.5 Å². The summed E-state index contributed by atoms with van der Waals surface area (Å²) in [5.74, 6) is 0.673. The molecule has 0 saturated heterocycles. The van der Waals surface area contributed by atoms with Crippen molar-refractivity contribution in [2.24, 2.45) is 0 Å². The molecule has 0 saturated carbocycles. The van der Waals surface area contributed by atoms with E-state index in [0.717, 1.165) is 4.88 Å². The van der Waals surface area contributed by atoms with Crippen molar-refractivity contribution in [1.82, 2.24) is 10.6 Å². The SMILES string of the molecule is COc1ccc(C(=O)N/C(=C\c2cccs2)C(=O)NCc2ccco2)cc1OC. The predicted octanol–water partition coefficient (Wildman–Crippen LogP) is 3.45. The van der Waals surface area contributed by atoms with Crippen LogP contribution in [0.2, 0.25) is 0 Å². The van der Waals surface area contributed by atoms with Crippen LogP contribution in [0, 0.1) is 0 Å². The lowest BCUT2D eigenvalue weighted by atomic mass is 10.1. The fourth-order valence-electron chi connectivity index (χ4n) is 2.52. The summed E-state index contributed by atoms with van der Waals surface area (Å²) >= 11 is 1.46. The number of rotatable bonds is 8. The number of carbonyl (C=O) groups is 2. The summed E-state index contributed by atoms with van der Waals surface area (Å²) < 4.78 is 15.6. The zero-order valence-electron chi connectivity index (χ0n) is 15.9. The van der Waals surface area contributed by atoms with Gasteiger partial charge in [-0.3, -0.25) is 9.59 Å². The minimum absolute atomic E-state index is 0.124. The minimum Gasteiger partial charge on any atom is -0.493 e. The molecule has 0 aliphatic heterocycles. The number of amides is 2. The number of thiophene rings is 1. The third-order valence-corrected chi connectivity index (χ3v) is 4.79. The van der Waals surface area contributed by atoms with Crippen LogP contribution in [-0.4, -0.2) is 26.0 Å². The summed E-state index contributed by atoms with van der Waals surface area (Å²) in [5.41, 5.74) is 0.456. The second-order valence-electron chi connectivity index (χ2n) is 5.86. The average molecular weight is 412 g/mol. The van der Waals surface area contributed by atoms with Crippen LogP contribution in [-0.2, 0) is 11.3 Å². The van der Waals surface area contributed by atoms with Gasteiger partial charge in [-0.25, -0.2) is 0 Å². The lowest BCUT2D eigenvalue weighted by Gasteiger charge is -2.12. The Kier molecular flexibility index (Phi) is 6.70. The molecule has 2 amide bonds. The first-order valence-electron chi connectivity index (χ1n) is 8.70. The Labute approximate surface area is 171 Å². The Balaban J connectivity index is 1.79. The Bertz CT molecular complexity index is 994. The van der Waals surface area contributed by atoms with Gasteiger partial charge in [0.25, 0.3) is 11.8 Å². The van der Waals surface area contributed by atoms with Crippen LogP contribution in [0.4, 0.5) is 0 Å². The third-order valence-electron chi connectivity index (χ3n) is 3.97. The van der Waals surface area contributed by atoms with E-state index in [4.69, 9.17) is 13.9 Å². The number of carbonyl (C=O) groups excluding carboxylic acids is 2. The van der Waals surface area contributed by atoms with Crippen molar-refractivity contribution in [3.05, 3.63) is 76.0 Å². The first-order chi connectivity index (χ1) is 14.1. The molecule has 0 radical (unpaired) electrons. The van der Waals surface area contributed by atoms with Crippen molar-refractivity contribution in [2.45, 2.75) is 6.54 Å². The molecule has 0 aliphatic carbocycles. The van der Waals surface area contributed by atoms with Gasteiger partial charge in [0.05, 0.1) is 27.0 Å². The molecular weight excluding hydrogens is 392 g/mol. The van der Waals surface area contributed by atoms with Crippen molar-refractivity contribution < 1.29 is 23.5 Å². The molecule has 0 bridgehead atoms. The Morgan fingerprint density at radius 1 is 1.10 bits per heavy atom. The highest BCUT2D eigenvalue weighted by molar-refractivity contribution is 7.10. The average Bonchev–Trinajstić information content (AvgIpc) is 3.45. The van der Waals surface area contributed by atoms with Crippen molar-refractivity contribution in [2.75, 3.05) is 14.2 Å². The van der Waals surface area contributed by atoms with E-state index < -0.39 is 11.8 Å². The fraction of sp³-hybridized carbons (Fsp3) is 0.143. The summed E-state index contributed by atoms with van der Waals surface area (Å²) in [6, 6.07) is 12.0. The number of furan rings is 1. The van der Waals surface area contributed by atoms with Gasteiger partial charge in [-0.05, 0) is 47.9 Å². The maximum Gasteiger partial charge on any atom is 0.268 e. The molecule has 0 aliphatic rings. The third kappa shape index (κ3) is 5.26. The number of nitrogens with one attached hydrogen (secondary N) is 2. The summed E-state index contributed by atoms with van der Waals surface area (Å²) in [6.45, 7) is 0.208. The number of methoxy groups -OCH3 is 2. The summed E-state index contributed by atoms with van der Waals surface area (Å²) in [4.78, 5) is 26.3. The molecule has 0 atom stereocenters. The lowest BCUT2D eigenvalue weighted by Crippen LogP contribution is -2.34. The zero-order chi connectivity index (χ0) is 20.6. The van der Waals surface area contributed by atoms with E-state index in [1.807, 2.05) is 17.5 Å². The van der Waals surface area contributed by atoms with E-state index in [0.29, 0.717) is 22.8 Å². The summed E-state index contributed by atoms with van der Waals surface area (Å²) in [6.07, 6.45) is 3.16. The maximum absolute atomic E-state index is 12.7. The normalized spacial score (nSPS) is 11.0. The highest BCUT2D eigenvalue weighted by atomic mass is 32.1. The summed E-state index contributed by atoms with van der Waals surface area (Å²) in [7, 11) is 3.01. The molecule has 0 unspecified atom stereocenters. The van der Waals surface area contributed by atoms with Gasteiger partial charge in [0, 0.05) is 10.4 Å². The van der Waals surface area contributed by atoms with E-state index in [1.54, 1.807) is 36.4 Å². The van der Waals surface area contributed by atoms with Crippen LogP contribution in [0.3, 0.4) is 0 Å². The smallest absolute Gasteiger partial charge is 0.268 e. The fourth-order valence-corrected chi connectivity index (χ4v) is 3.18. The Morgan fingerprint density at radius 3 is 2.59 bits per heavy atom. The number of hydrogen-bond donors (Lipinski definition) is 2. The van der Waals surface area contributed by atoms with Gasteiger partial charge in [-0.2, -0.15) is 0 Å². The van der Waals surface area contributed by atoms with Gasteiger partial charge in [-0.1, -0.05) is 6.07 Å². The second kappa shape index (κ2) is 9.61. The van der Waals surface area contributed by atoms with Crippen LogP contribution in [0.25, 0.3) is 6.08 Å². The standard InChI is InChI=1S/C21H20N2O5S/c1-26-18-8-7-14(11-19(18)27-2)20(24)23-17(12-16-6-4-10-29-16)21(25)22-13-15-5-3-9-28-15/h3-12H,13H2,1-2H3,(H,22,25)(H,23,24)/b17-12-. The highest BCUT2D eigenvalue weighted by Gasteiger charge is 2.17. The van der Waals surface area contributed by atoms with Gasteiger partial charge in [-0.15, -0.1) is 11.3 Å². The van der Waals surface area contributed by atoms with Crippen LogP contribution in [0.15, 0.2) is 64.2 Å². The lowest BCUT2D eigenvalue weighted by molar-refractivity contribution is -0.118. The molecule has 8 heteroatoms.